The molecule has 1 atom stereocenters. The number of non-ortho nitro benzene ring substituents is 1. The molecular weight excluding hydrogens is 420 g/mol. The minimum absolute atomic E-state index is 0.00405. The zero-order chi connectivity index (χ0) is 23.8. The lowest BCUT2D eigenvalue weighted by atomic mass is 9.68. The molecule has 1 N–H and O–H groups in total. The molecule has 0 radical (unpaired) electrons. The van der Waals surface area contributed by atoms with Crippen LogP contribution in [0.4, 0.5) is 5.69 Å². The zero-order valence-corrected chi connectivity index (χ0v) is 19.6. The van der Waals surface area contributed by atoms with Gasteiger partial charge < -0.3 is 10.1 Å². The molecule has 0 aromatic heterocycles. The van der Waals surface area contributed by atoms with Gasteiger partial charge in [-0.15, -0.1) is 0 Å². The molecule has 2 aliphatic carbocycles. The molecule has 1 fully saturated rings. The minimum atomic E-state index is -0.594. The average Bonchev–Trinajstić information content (AvgIpc) is 3.00. The molecule has 0 unspecified atom stereocenters. The van der Waals surface area contributed by atoms with E-state index in [0.717, 1.165) is 44.2 Å². The van der Waals surface area contributed by atoms with Crippen LogP contribution in [0.2, 0.25) is 0 Å². The first-order valence-electron chi connectivity index (χ1n) is 11.9. The Morgan fingerprint density at radius 1 is 1.09 bits per heavy atom. The van der Waals surface area contributed by atoms with Gasteiger partial charge >= 0.3 is 5.97 Å². The van der Waals surface area contributed by atoms with E-state index in [0.29, 0.717) is 35.2 Å². The summed E-state index contributed by atoms with van der Waals surface area (Å²) < 4.78 is 5.97. The maximum Gasteiger partial charge on any atom is 0.337 e. The molecule has 0 spiro atoms. The maximum atomic E-state index is 13.5. The molecular formula is C26H32N2O5. The largest absolute Gasteiger partial charge is 0.459 e. The van der Waals surface area contributed by atoms with E-state index in [1.165, 1.54) is 12.1 Å². The van der Waals surface area contributed by atoms with Gasteiger partial charge in [0, 0.05) is 41.4 Å². The molecule has 7 heteroatoms. The summed E-state index contributed by atoms with van der Waals surface area (Å²) >= 11 is 0. The van der Waals surface area contributed by atoms with Crippen LogP contribution < -0.4 is 5.32 Å². The Morgan fingerprint density at radius 2 is 1.73 bits per heavy atom. The van der Waals surface area contributed by atoms with Crippen LogP contribution in [0.15, 0.2) is 46.8 Å². The van der Waals surface area contributed by atoms with E-state index in [9.17, 15) is 19.7 Å². The molecule has 1 saturated carbocycles. The predicted octanol–water partition coefficient (Wildman–Crippen LogP) is 5.46. The molecule has 0 bridgehead atoms. The number of Topliss-reactive ketones (excluding diaryl/α,β-unsaturated/α-hetero) is 1. The number of nitrogens with zero attached hydrogens (tertiary/aromatic N) is 1. The Kier molecular flexibility index (Phi) is 6.41. The van der Waals surface area contributed by atoms with Gasteiger partial charge in [0.1, 0.15) is 6.10 Å². The molecule has 0 saturated heterocycles. The number of hydrogen-bond acceptors (Lipinski definition) is 6. The molecule has 1 aromatic carbocycles. The van der Waals surface area contributed by atoms with Gasteiger partial charge in [0.25, 0.3) is 5.69 Å². The van der Waals surface area contributed by atoms with Crippen molar-refractivity contribution in [2.45, 2.75) is 84.2 Å². The van der Waals surface area contributed by atoms with Gasteiger partial charge in [0.2, 0.25) is 0 Å². The molecule has 1 aromatic rings. The van der Waals surface area contributed by atoms with E-state index in [1.807, 2.05) is 6.92 Å². The van der Waals surface area contributed by atoms with E-state index < -0.39 is 16.8 Å². The average molecular weight is 453 g/mol. The van der Waals surface area contributed by atoms with Crippen molar-refractivity contribution in [2.24, 2.45) is 5.41 Å². The Morgan fingerprint density at radius 3 is 2.33 bits per heavy atom. The summed E-state index contributed by atoms with van der Waals surface area (Å²) in [5.74, 6) is -0.993. The number of carbonyl (C=O) groups excluding carboxylic acids is 2. The fourth-order valence-electron chi connectivity index (χ4n) is 5.40. The lowest BCUT2D eigenvalue weighted by molar-refractivity contribution is -0.384. The Labute approximate surface area is 194 Å². The van der Waals surface area contributed by atoms with E-state index in [1.54, 1.807) is 12.1 Å². The SMILES string of the molecule is CC1=C(C(=O)OC2CCCCCC2)[C@@H](c2ccc([N+](=O)[O-])cc2)C2=C(CC(C)(C)CC2=O)N1. The number of rotatable bonds is 4. The third-order valence-corrected chi connectivity index (χ3v) is 6.97. The Balaban J connectivity index is 1.74. The molecule has 0 amide bonds. The summed E-state index contributed by atoms with van der Waals surface area (Å²) in [5, 5.41) is 14.5. The quantitative estimate of drug-likeness (QED) is 0.282. The molecule has 3 aliphatic rings. The van der Waals surface area contributed by atoms with Crippen molar-refractivity contribution >= 4 is 17.4 Å². The highest BCUT2D eigenvalue weighted by Gasteiger charge is 2.43. The summed E-state index contributed by atoms with van der Waals surface area (Å²) in [6.07, 6.45) is 7.08. The van der Waals surface area contributed by atoms with E-state index in [-0.39, 0.29) is 23.0 Å². The number of benzene rings is 1. The smallest absolute Gasteiger partial charge is 0.337 e. The first kappa shape index (κ1) is 23.2. The fraction of sp³-hybridized carbons (Fsp3) is 0.538. The van der Waals surface area contributed by atoms with Crippen molar-refractivity contribution in [3.05, 3.63) is 62.5 Å². The number of esters is 1. The Bertz CT molecular complexity index is 1030. The molecule has 176 valence electrons. The number of nitro groups is 1. The highest BCUT2D eigenvalue weighted by molar-refractivity contribution is 6.04. The fourth-order valence-corrected chi connectivity index (χ4v) is 5.40. The molecule has 7 nitrogen and oxygen atoms in total. The second kappa shape index (κ2) is 9.12. The summed E-state index contributed by atoms with van der Waals surface area (Å²) in [4.78, 5) is 37.5. The van der Waals surface area contributed by atoms with Crippen molar-refractivity contribution < 1.29 is 19.2 Å². The second-order valence-corrected chi connectivity index (χ2v) is 10.3. The summed E-state index contributed by atoms with van der Waals surface area (Å²) in [6, 6.07) is 6.16. The van der Waals surface area contributed by atoms with Gasteiger partial charge in [-0.25, -0.2) is 4.79 Å². The lowest BCUT2D eigenvalue weighted by Gasteiger charge is -2.39. The number of ether oxygens (including phenoxy) is 1. The number of ketones is 1. The van der Waals surface area contributed by atoms with E-state index in [4.69, 9.17) is 4.74 Å². The Hall–Kier alpha value is -2.96. The van der Waals surface area contributed by atoms with Gasteiger partial charge in [-0.2, -0.15) is 0 Å². The van der Waals surface area contributed by atoms with Crippen LogP contribution in [0.1, 0.15) is 83.6 Å². The number of hydrogen-bond donors (Lipinski definition) is 1. The standard InChI is InChI=1S/C26H32N2O5/c1-16-22(25(30)33-19-8-6-4-5-7-9-19)23(17-10-12-18(13-11-17)28(31)32)24-20(27-16)14-26(2,3)15-21(24)29/h10-13,19,23,27H,4-9,14-15H2,1-3H3/t23-/m1/s1. The van der Waals surface area contributed by atoms with Crippen LogP contribution in [0.5, 0.6) is 0 Å². The van der Waals surface area contributed by atoms with Gasteiger partial charge in [-0.3, -0.25) is 14.9 Å². The first-order valence-corrected chi connectivity index (χ1v) is 11.9. The highest BCUT2D eigenvalue weighted by atomic mass is 16.6. The number of nitrogens with one attached hydrogen (secondary N) is 1. The van der Waals surface area contributed by atoms with Crippen molar-refractivity contribution in [2.75, 3.05) is 0 Å². The minimum Gasteiger partial charge on any atom is -0.459 e. The van der Waals surface area contributed by atoms with Crippen molar-refractivity contribution in [3.63, 3.8) is 0 Å². The monoisotopic (exact) mass is 452 g/mol. The topological polar surface area (TPSA) is 98.5 Å². The zero-order valence-electron chi connectivity index (χ0n) is 19.6. The highest BCUT2D eigenvalue weighted by Crippen LogP contribution is 2.47. The number of nitro benzene ring substituents is 1. The van der Waals surface area contributed by atoms with Crippen LogP contribution >= 0.6 is 0 Å². The molecule has 4 rings (SSSR count). The van der Waals surface area contributed by atoms with Crippen LogP contribution in [0.3, 0.4) is 0 Å². The van der Waals surface area contributed by atoms with Gasteiger partial charge in [-0.1, -0.05) is 38.8 Å². The normalized spacial score (nSPS) is 23.5. The molecule has 33 heavy (non-hydrogen) atoms. The predicted molar refractivity (Wildman–Crippen MR) is 124 cm³/mol. The van der Waals surface area contributed by atoms with E-state index >= 15 is 0 Å². The number of carbonyl (C=O) groups is 2. The van der Waals surface area contributed by atoms with Gasteiger partial charge in [0.05, 0.1) is 10.5 Å². The van der Waals surface area contributed by atoms with Crippen LogP contribution in [-0.4, -0.2) is 22.8 Å². The number of allylic oxidation sites excluding steroid dienone is 3. The van der Waals surface area contributed by atoms with Crippen LogP contribution in [0, 0.1) is 15.5 Å². The summed E-state index contributed by atoms with van der Waals surface area (Å²) in [7, 11) is 0. The lowest BCUT2D eigenvalue weighted by Crippen LogP contribution is -2.39. The molecule has 1 heterocycles. The van der Waals surface area contributed by atoms with Crippen molar-refractivity contribution in [1.82, 2.24) is 5.32 Å². The van der Waals surface area contributed by atoms with Gasteiger partial charge in [0.15, 0.2) is 5.78 Å². The third kappa shape index (κ3) is 4.87. The summed E-state index contributed by atoms with van der Waals surface area (Å²) in [6.45, 7) is 5.97. The van der Waals surface area contributed by atoms with Crippen molar-refractivity contribution in [3.8, 4) is 0 Å². The first-order chi connectivity index (χ1) is 15.7. The maximum absolute atomic E-state index is 13.5. The number of dihydropyridines is 1. The van der Waals surface area contributed by atoms with Crippen LogP contribution in [0.25, 0.3) is 0 Å². The van der Waals surface area contributed by atoms with E-state index in [2.05, 4.69) is 19.2 Å². The van der Waals surface area contributed by atoms with Crippen LogP contribution in [-0.2, 0) is 14.3 Å². The molecule has 1 aliphatic heterocycles. The third-order valence-electron chi connectivity index (χ3n) is 6.97. The second-order valence-electron chi connectivity index (χ2n) is 10.3. The summed E-state index contributed by atoms with van der Waals surface area (Å²) in [5.41, 5.74) is 3.02. The van der Waals surface area contributed by atoms with Crippen molar-refractivity contribution in [1.29, 1.82) is 0 Å². The van der Waals surface area contributed by atoms with Gasteiger partial charge in [-0.05, 0) is 50.0 Å².